The average molecular weight is 193 g/mol. The van der Waals surface area contributed by atoms with Crippen LogP contribution in [-0.4, -0.2) is 18.4 Å². The first kappa shape index (κ1) is 10.3. The topological polar surface area (TPSA) is 22.1 Å². The second kappa shape index (κ2) is 3.54. The van der Waals surface area contributed by atoms with Crippen molar-refractivity contribution in [2.24, 2.45) is 0 Å². The molecule has 0 atom stereocenters. The maximum atomic E-state index is 5.53. The van der Waals surface area contributed by atoms with Crippen LogP contribution < -0.4 is 4.91 Å². The first-order valence-corrected chi connectivity index (χ1v) is 4.86. The van der Waals surface area contributed by atoms with E-state index in [0.717, 1.165) is 5.69 Å². The van der Waals surface area contributed by atoms with Gasteiger partial charge in [-0.15, -0.1) is 11.3 Å². The van der Waals surface area contributed by atoms with E-state index in [0.29, 0.717) is 10.7 Å². The van der Waals surface area contributed by atoms with Crippen LogP contribution in [0.25, 0.3) is 5.76 Å². The van der Waals surface area contributed by atoms with Gasteiger partial charge in [0.15, 0.2) is 7.85 Å². The van der Waals surface area contributed by atoms with Gasteiger partial charge in [-0.2, -0.15) is 0 Å². The predicted octanol–water partition coefficient (Wildman–Crippen LogP) is 1.72. The van der Waals surface area contributed by atoms with Gasteiger partial charge in [-0.25, -0.2) is 4.98 Å². The fourth-order valence-corrected chi connectivity index (χ4v) is 1.41. The molecule has 0 saturated carbocycles. The molecule has 0 aromatic carbocycles. The van der Waals surface area contributed by atoms with Crippen LogP contribution in [-0.2, 0) is 4.74 Å². The second-order valence-electron chi connectivity index (χ2n) is 3.71. The molecule has 13 heavy (non-hydrogen) atoms. The van der Waals surface area contributed by atoms with E-state index < -0.39 is 0 Å². The van der Waals surface area contributed by atoms with Crippen molar-refractivity contribution in [3.63, 3.8) is 0 Å². The van der Waals surface area contributed by atoms with Gasteiger partial charge in [0.25, 0.3) is 0 Å². The summed E-state index contributed by atoms with van der Waals surface area (Å²) in [5.41, 5.74) is 0.479. The van der Waals surface area contributed by atoms with Crippen molar-refractivity contribution in [2.75, 3.05) is 0 Å². The van der Waals surface area contributed by atoms with Crippen LogP contribution >= 0.6 is 11.3 Å². The zero-order valence-corrected chi connectivity index (χ0v) is 8.94. The fraction of sp³-hybridized carbons (Fsp3) is 0.444. The summed E-state index contributed by atoms with van der Waals surface area (Å²) < 4.78 is 5.53. The molecule has 0 saturated heterocycles. The molecule has 0 unspecified atom stereocenters. The standard InChI is InChI=1S/C9H12BNOS/c1-6(12-9(2,3)4)7-5-13-8(10)11-7/h5H,1H2,2-4H3. The lowest BCUT2D eigenvalue weighted by atomic mass is 10.2. The van der Waals surface area contributed by atoms with Gasteiger partial charge in [0.1, 0.15) is 17.1 Å². The number of thiazole rings is 1. The Morgan fingerprint density at radius 2 is 2.23 bits per heavy atom. The molecule has 0 N–H and O–H groups in total. The Kier molecular flexibility index (Phi) is 2.81. The summed E-state index contributed by atoms with van der Waals surface area (Å²) in [5, 5.41) is 1.84. The van der Waals surface area contributed by atoms with Gasteiger partial charge in [-0.05, 0) is 20.8 Å². The third kappa shape index (κ3) is 3.23. The van der Waals surface area contributed by atoms with Crippen molar-refractivity contribution in [3.05, 3.63) is 17.7 Å². The maximum Gasteiger partial charge on any atom is 0.157 e. The summed E-state index contributed by atoms with van der Waals surface area (Å²) in [6.45, 7) is 9.69. The first-order chi connectivity index (χ1) is 5.88. The quantitative estimate of drug-likeness (QED) is 0.527. The van der Waals surface area contributed by atoms with Crippen LogP contribution in [0.15, 0.2) is 12.0 Å². The molecule has 4 heteroatoms. The summed E-state index contributed by atoms with van der Waals surface area (Å²) in [6.07, 6.45) is 0. The Morgan fingerprint density at radius 3 is 2.62 bits per heavy atom. The Hall–Kier alpha value is -0.765. The SMILES string of the molecule is [B]c1nc(C(=C)OC(C)(C)C)cs1. The van der Waals surface area contributed by atoms with Gasteiger partial charge in [0.05, 0.1) is 0 Å². The fourth-order valence-electron chi connectivity index (χ4n) is 0.838. The van der Waals surface area contributed by atoms with E-state index in [1.807, 2.05) is 26.2 Å². The lowest BCUT2D eigenvalue weighted by Crippen LogP contribution is -2.18. The van der Waals surface area contributed by atoms with E-state index in [1.165, 1.54) is 11.3 Å². The summed E-state index contributed by atoms with van der Waals surface area (Å²) in [4.78, 5) is 4.60. The summed E-state index contributed by atoms with van der Waals surface area (Å²) in [6, 6.07) is 0. The third-order valence-corrected chi connectivity index (χ3v) is 1.91. The number of hydrogen-bond acceptors (Lipinski definition) is 3. The Labute approximate surface area is 84.1 Å². The van der Waals surface area contributed by atoms with Crippen molar-refractivity contribution in [3.8, 4) is 0 Å². The molecular formula is C9H12BNOS. The highest BCUT2D eigenvalue weighted by Gasteiger charge is 2.14. The van der Waals surface area contributed by atoms with E-state index in [1.54, 1.807) is 0 Å². The Bertz CT molecular complexity index is 314. The Balaban J connectivity index is 2.70. The van der Waals surface area contributed by atoms with Crippen LogP contribution in [0.2, 0.25) is 0 Å². The minimum absolute atomic E-state index is 0.241. The lowest BCUT2D eigenvalue weighted by Gasteiger charge is -2.21. The predicted molar refractivity (Wildman–Crippen MR) is 57.4 cm³/mol. The van der Waals surface area contributed by atoms with Crippen LogP contribution in [0.3, 0.4) is 0 Å². The molecule has 0 fully saturated rings. The molecule has 1 rings (SSSR count). The largest absolute Gasteiger partial charge is 0.486 e. The highest BCUT2D eigenvalue weighted by molar-refractivity contribution is 7.17. The number of nitrogens with zero attached hydrogens (tertiary/aromatic N) is 1. The molecule has 1 aromatic heterocycles. The number of ether oxygens (including phenoxy) is 1. The molecule has 0 aliphatic heterocycles. The van der Waals surface area contributed by atoms with Gasteiger partial charge in [0.2, 0.25) is 0 Å². The van der Waals surface area contributed by atoms with Crippen molar-refractivity contribution < 1.29 is 4.74 Å². The maximum absolute atomic E-state index is 5.53. The smallest absolute Gasteiger partial charge is 0.157 e. The van der Waals surface area contributed by atoms with E-state index in [4.69, 9.17) is 12.6 Å². The minimum atomic E-state index is -0.241. The van der Waals surface area contributed by atoms with Crippen molar-refractivity contribution in [2.45, 2.75) is 26.4 Å². The molecule has 0 aliphatic rings. The molecule has 1 aromatic rings. The van der Waals surface area contributed by atoms with E-state index in [9.17, 15) is 0 Å². The third-order valence-electron chi connectivity index (χ3n) is 1.24. The normalized spacial score (nSPS) is 11.3. The van der Waals surface area contributed by atoms with Gasteiger partial charge < -0.3 is 4.74 Å². The van der Waals surface area contributed by atoms with Gasteiger partial charge >= 0.3 is 0 Å². The molecule has 1 heterocycles. The van der Waals surface area contributed by atoms with E-state index >= 15 is 0 Å². The monoisotopic (exact) mass is 193 g/mol. The summed E-state index contributed by atoms with van der Waals surface area (Å²) in [7, 11) is 5.49. The van der Waals surface area contributed by atoms with Crippen molar-refractivity contribution in [1.82, 2.24) is 4.98 Å². The molecule has 2 nitrogen and oxygen atoms in total. The summed E-state index contributed by atoms with van der Waals surface area (Å²) >= 11 is 1.38. The highest BCUT2D eigenvalue weighted by atomic mass is 32.1. The number of hydrogen-bond donors (Lipinski definition) is 0. The molecule has 0 amide bonds. The minimum Gasteiger partial charge on any atom is -0.486 e. The molecule has 2 radical (unpaired) electrons. The average Bonchev–Trinajstić information content (AvgIpc) is 2.31. The molecule has 0 spiro atoms. The molecule has 0 bridgehead atoms. The lowest BCUT2D eigenvalue weighted by molar-refractivity contribution is 0.0971. The van der Waals surface area contributed by atoms with Gasteiger partial charge in [0, 0.05) is 10.3 Å². The zero-order chi connectivity index (χ0) is 10.1. The van der Waals surface area contributed by atoms with Crippen LogP contribution in [0.5, 0.6) is 0 Å². The molecular weight excluding hydrogens is 181 g/mol. The molecule has 0 aliphatic carbocycles. The van der Waals surface area contributed by atoms with Gasteiger partial charge in [-0.1, -0.05) is 6.58 Å². The van der Waals surface area contributed by atoms with Crippen LogP contribution in [0.1, 0.15) is 26.5 Å². The zero-order valence-electron chi connectivity index (χ0n) is 8.13. The van der Waals surface area contributed by atoms with Crippen LogP contribution in [0.4, 0.5) is 0 Å². The number of rotatable bonds is 2. The summed E-state index contributed by atoms with van der Waals surface area (Å²) in [5.74, 6) is 0.570. The highest BCUT2D eigenvalue weighted by Crippen LogP contribution is 2.19. The molecule has 68 valence electrons. The van der Waals surface area contributed by atoms with E-state index in [2.05, 4.69) is 11.6 Å². The Morgan fingerprint density at radius 1 is 1.62 bits per heavy atom. The van der Waals surface area contributed by atoms with Crippen molar-refractivity contribution >= 4 is 29.8 Å². The number of aromatic nitrogens is 1. The van der Waals surface area contributed by atoms with E-state index in [-0.39, 0.29) is 5.60 Å². The first-order valence-electron chi connectivity index (χ1n) is 3.98. The van der Waals surface area contributed by atoms with Gasteiger partial charge in [-0.3, -0.25) is 0 Å². The van der Waals surface area contributed by atoms with Crippen molar-refractivity contribution in [1.29, 1.82) is 0 Å². The van der Waals surface area contributed by atoms with Crippen LogP contribution in [0, 0.1) is 0 Å². The second-order valence-corrected chi connectivity index (χ2v) is 4.60.